The Morgan fingerprint density at radius 1 is 1.00 bits per heavy atom. The quantitative estimate of drug-likeness (QED) is 0.706. The molecule has 0 N–H and O–H groups in total. The lowest BCUT2D eigenvalue weighted by Crippen LogP contribution is -2.07. The first-order valence-corrected chi connectivity index (χ1v) is 5.40. The molecule has 0 saturated heterocycles. The lowest BCUT2D eigenvalue weighted by Gasteiger charge is -2.13. The Morgan fingerprint density at radius 3 is 2.25 bits per heavy atom. The number of alkyl halides is 3. The van der Waals surface area contributed by atoms with Crippen LogP contribution in [0.1, 0.15) is 11.1 Å². The monoisotopic (exact) mass is 283 g/mol. The first-order chi connectivity index (χ1) is 9.34. The molecular formula is C14H6F5N. The Balaban J connectivity index is 2.71. The van der Waals surface area contributed by atoms with Crippen molar-refractivity contribution >= 4 is 0 Å². The van der Waals surface area contributed by atoms with Crippen molar-refractivity contribution in [3.05, 3.63) is 59.2 Å². The predicted octanol–water partition coefficient (Wildman–Crippen LogP) is 4.52. The SMILES string of the molecule is N#Cc1cc(-c2ccccc2C(F)(F)F)cc(F)c1F. The molecule has 0 aliphatic carbocycles. The van der Waals surface area contributed by atoms with Gasteiger partial charge in [-0.1, -0.05) is 18.2 Å². The third kappa shape index (κ3) is 2.48. The summed E-state index contributed by atoms with van der Waals surface area (Å²) in [6, 6.07) is 7.45. The molecule has 0 amide bonds. The predicted molar refractivity (Wildman–Crippen MR) is 61.5 cm³/mol. The van der Waals surface area contributed by atoms with Crippen LogP contribution in [0.2, 0.25) is 0 Å². The van der Waals surface area contributed by atoms with Gasteiger partial charge in [0.05, 0.1) is 11.1 Å². The standard InChI is InChI=1S/C14H6F5N/c15-12-6-8(5-9(7-20)13(12)16)10-3-1-2-4-11(10)14(17,18)19/h1-6H. The van der Waals surface area contributed by atoms with Gasteiger partial charge in [0.25, 0.3) is 0 Å². The highest BCUT2D eigenvalue weighted by Crippen LogP contribution is 2.37. The van der Waals surface area contributed by atoms with Crippen molar-refractivity contribution in [2.45, 2.75) is 6.18 Å². The van der Waals surface area contributed by atoms with E-state index < -0.39 is 28.9 Å². The summed E-state index contributed by atoms with van der Waals surface area (Å²) in [5.74, 6) is -2.74. The maximum atomic E-state index is 13.3. The number of rotatable bonds is 1. The number of benzene rings is 2. The Labute approximate surface area is 110 Å². The summed E-state index contributed by atoms with van der Waals surface area (Å²) in [5, 5.41) is 8.66. The highest BCUT2D eigenvalue weighted by atomic mass is 19.4. The van der Waals surface area contributed by atoms with Crippen LogP contribution in [0.15, 0.2) is 36.4 Å². The van der Waals surface area contributed by atoms with Gasteiger partial charge in [-0.3, -0.25) is 0 Å². The molecule has 0 aliphatic rings. The molecule has 0 saturated carbocycles. The normalized spacial score (nSPS) is 11.2. The van der Waals surface area contributed by atoms with Crippen molar-refractivity contribution in [2.75, 3.05) is 0 Å². The van der Waals surface area contributed by atoms with Crippen molar-refractivity contribution < 1.29 is 22.0 Å². The first-order valence-electron chi connectivity index (χ1n) is 5.40. The first kappa shape index (κ1) is 14.0. The molecule has 0 atom stereocenters. The van der Waals surface area contributed by atoms with E-state index >= 15 is 0 Å². The molecule has 0 spiro atoms. The molecule has 0 heterocycles. The van der Waals surface area contributed by atoms with Gasteiger partial charge >= 0.3 is 6.18 Å². The van der Waals surface area contributed by atoms with Gasteiger partial charge in [-0.25, -0.2) is 8.78 Å². The maximum Gasteiger partial charge on any atom is 0.417 e. The molecule has 102 valence electrons. The van der Waals surface area contributed by atoms with E-state index in [0.717, 1.165) is 18.2 Å². The van der Waals surface area contributed by atoms with E-state index in [1.54, 1.807) is 0 Å². The molecule has 6 heteroatoms. The minimum Gasteiger partial charge on any atom is -0.204 e. The van der Waals surface area contributed by atoms with E-state index in [-0.39, 0.29) is 11.1 Å². The van der Waals surface area contributed by atoms with Crippen molar-refractivity contribution in [3.63, 3.8) is 0 Å². The Bertz CT molecular complexity index is 698. The molecule has 2 rings (SSSR count). The van der Waals surface area contributed by atoms with E-state index in [4.69, 9.17) is 5.26 Å². The van der Waals surface area contributed by atoms with Gasteiger partial charge in [-0.15, -0.1) is 0 Å². The van der Waals surface area contributed by atoms with Gasteiger partial charge < -0.3 is 0 Å². The molecule has 1 nitrogen and oxygen atoms in total. The summed E-state index contributed by atoms with van der Waals surface area (Å²) in [6.07, 6.45) is -4.63. The molecule has 0 radical (unpaired) electrons. The Kier molecular flexibility index (Phi) is 3.45. The molecular weight excluding hydrogens is 277 g/mol. The van der Waals surface area contributed by atoms with Crippen LogP contribution >= 0.6 is 0 Å². The molecule has 0 aliphatic heterocycles. The van der Waals surface area contributed by atoms with E-state index in [2.05, 4.69) is 0 Å². The van der Waals surface area contributed by atoms with Crippen LogP contribution in [0.5, 0.6) is 0 Å². The summed E-state index contributed by atoms with van der Waals surface area (Å²) >= 11 is 0. The van der Waals surface area contributed by atoms with Crippen LogP contribution in [0.4, 0.5) is 22.0 Å². The van der Waals surface area contributed by atoms with Crippen molar-refractivity contribution in [1.82, 2.24) is 0 Å². The minimum atomic E-state index is -4.63. The zero-order valence-electron chi connectivity index (χ0n) is 9.80. The van der Waals surface area contributed by atoms with Crippen LogP contribution < -0.4 is 0 Å². The van der Waals surface area contributed by atoms with Gasteiger partial charge in [0.1, 0.15) is 6.07 Å². The number of hydrogen-bond acceptors (Lipinski definition) is 1. The zero-order valence-corrected chi connectivity index (χ0v) is 9.80. The van der Waals surface area contributed by atoms with Crippen LogP contribution in [-0.2, 0) is 6.18 Å². The largest absolute Gasteiger partial charge is 0.417 e. The molecule has 2 aromatic rings. The van der Waals surface area contributed by atoms with E-state index in [9.17, 15) is 22.0 Å². The van der Waals surface area contributed by atoms with Crippen molar-refractivity contribution in [1.29, 1.82) is 5.26 Å². The smallest absolute Gasteiger partial charge is 0.204 e. The van der Waals surface area contributed by atoms with Crippen LogP contribution in [0, 0.1) is 23.0 Å². The number of nitrogens with zero attached hydrogens (tertiary/aromatic N) is 1. The third-order valence-electron chi connectivity index (χ3n) is 2.69. The fraction of sp³-hybridized carbons (Fsp3) is 0.0714. The van der Waals surface area contributed by atoms with Crippen molar-refractivity contribution in [2.24, 2.45) is 0 Å². The second kappa shape index (κ2) is 4.93. The van der Waals surface area contributed by atoms with E-state index in [1.165, 1.54) is 18.2 Å². The van der Waals surface area contributed by atoms with Crippen molar-refractivity contribution in [3.8, 4) is 17.2 Å². The highest BCUT2D eigenvalue weighted by molar-refractivity contribution is 5.69. The van der Waals surface area contributed by atoms with E-state index in [1.807, 2.05) is 0 Å². The summed E-state index contributed by atoms with van der Waals surface area (Å²) in [6.45, 7) is 0. The summed E-state index contributed by atoms with van der Waals surface area (Å²) in [5.41, 5.74) is -2.13. The molecule has 20 heavy (non-hydrogen) atoms. The van der Waals surface area contributed by atoms with Gasteiger partial charge in [0.15, 0.2) is 11.6 Å². The van der Waals surface area contributed by atoms with Crippen LogP contribution in [-0.4, -0.2) is 0 Å². The fourth-order valence-corrected chi connectivity index (χ4v) is 1.81. The summed E-state index contributed by atoms with van der Waals surface area (Å²) in [7, 11) is 0. The van der Waals surface area contributed by atoms with Gasteiger partial charge in [-0.2, -0.15) is 18.4 Å². The molecule has 0 fully saturated rings. The highest BCUT2D eigenvalue weighted by Gasteiger charge is 2.33. The fourth-order valence-electron chi connectivity index (χ4n) is 1.81. The average Bonchev–Trinajstić information content (AvgIpc) is 2.40. The van der Waals surface area contributed by atoms with Gasteiger partial charge in [0, 0.05) is 0 Å². The van der Waals surface area contributed by atoms with E-state index in [0.29, 0.717) is 6.07 Å². The lowest BCUT2D eigenvalue weighted by molar-refractivity contribution is -0.137. The van der Waals surface area contributed by atoms with Gasteiger partial charge in [-0.05, 0) is 29.3 Å². The number of halogens is 5. The average molecular weight is 283 g/mol. The van der Waals surface area contributed by atoms with Crippen LogP contribution in [0.3, 0.4) is 0 Å². The molecule has 0 unspecified atom stereocenters. The maximum absolute atomic E-state index is 13.3. The number of nitriles is 1. The Hall–Kier alpha value is -2.42. The molecule has 2 aromatic carbocycles. The minimum absolute atomic E-state index is 0.201. The second-order valence-electron chi connectivity index (χ2n) is 3.97. The zero-order chi connectivity index (χ0) is 14.9. The number of hydrogen-bond donors (Lipinski definition) is 0. The van der Waals surface area contributed by atoms with Gasteiger partial charge in [0.2, 0.25) is 0 Å². The lowest BCUT2D eigenvalue weighted by atomic mass is 9.97. The summed E-state index contributed by atoms with van der Waals surface area (Å²) < 4.78 is 65.1. The van der Waals surface area contributed by atoms with Crippen LogP contribution in [0.25, 0.3) is 11.1 Å². The Morgan fingerprint density at radius 2 is 1.65 bits per heavy atom. The second-order valence-corrected chi connectivity index (χ2v) is 3.97. The molecule has 0 bridgehead atoms. The molecule has 0 aromatic heterocycles. The topological polar surface area (TPSA) is 23.8 Å². The summed E-state index contributed by atoms with van der Waals surface area (Å²) in [4.78, 5) is 0. The third-order valence-corrected chi connectivity index (χ3v) is 2.69.